The molecule has 6 rings (SSSR count). The summed E-state index contributed by atoms with van der Waals surface area (Å²) in [5.74, 6) is -1.51. The zero-order valence-corrected chi connectivity index (χ0v) is 17.0. The first-order valence-electron chi connectivity index (χ1n) is 10.2. The highest BCUT2D eigenvalue weighted by molar-refractivity contribution is 6.26. The molecule has 0 spiro atoms. The Kier molecular flexibility index (Phi) is 3.79. The average Bonchev–Trinajstić information content (AvgIpc) is 3.12. The predicted octanol–water partition coefficient (Wildman–Crippen LogP) is 3.74. The minimum atomic E-state index is -1.34. The maximum atomic E-state index is 13.7. The molecule has 0 saturated carbocycles. The Labute approximate surface area is 185 Å². The van der Waals surface area contributed by atoms with Crippen LogP contribution in [0.3, 0.4) is 0 Å². The van der Waals surface area contributed by atoms with Gasteiger partial charge in [-0.15, -0.1) is 0 Å². The van der Waals surface area contributed by atoms with Gasteiger partial charge in [0.05, 0.1) is 16.9 Å². The van der Waals surface area contributed by atoms with E-state index in [1.54, 1.807) is 60.7 Å². The number of aromatic amines is 1. The Balaban J connectivity index is 1.78. The lowest BCUT2D eigenvalue weighted by Crippen LogP contribution is -2.22. The van der Waals surface area contributed by atoms with Gasteiger partial charge in [-0.25, -0.2) is 4.79 Å². The van der Waals surface area contributed by atoms with Gasteiger partial charge in [-0.3, -0.25) is 19.0 Å². The van der Waals surface area contributed by atoms with Crippen molar-refractivity contribution in [2.45, 2.75) is 0 Å². The molecule has 7 nitrogen and oxygen atoms in total. The van der Waals surface area contributed by atoms with E-state index >= 15 is 0 Å². The molecule has 3 aromatic carbocycles. The number of hydrogen-bond acceptors (Lipinski definition) is 4. The monoisotopic (exact) mass is 434 g/mol. The number of pyridine rings is 2. The second-order valence-electron chi connectivity index (χ2n) is 7.85. The van der Waals surface area contributed by atoms with Crippen LogP contribution in [0.4, 0.5) is 0 Å². The van der Waals surface area contributed by atoms with Crippen LogP contribution in [-0.2, 0) is 0 Å². The highest BCUT2D eigenvalue weighted by Crippen LogP contribution is 2.40. The maximum absolute atomic E-state index is 13.7. The second kappa shape index (κ2) is 6.61. The molecule has 5 aromatic rings. The molecule has 1 aliphatic rings. The number of carbonyl (C=O) groups excluding carboxylic acids is 1. The normalized spacial score (nSPS) is 12.2. The fourth-order valence-corrected chi connectivity index (χ4v) is 4.61. The van der Waals surface area contributed by atoms with Crippen molar-refractivity contribution in [1.82, 2.24) is 9.55 Å². The summed E-state index contributed by atoms with van der Waals surface area (Å²) in [6, 6.07) is 18.8. The molecule has 0 aliphatic heterocycles. The van der Waals surface area contributed by atoms with Crippen LogP contribution in [0.15, 0.2) is 82.5 Å². The van der Waals surface area contributed by atoms with Gasteiger partial charge in [0.1, 0.15) is 5.56 Å². The summed E-state index contributed by atoms with van der Waals surface area (Å²) >= 11 is 0. The molecule has 2 aromatic heterocycles. The molecule has 2 heterocycles. The number of hydrogen-bond donors (Lipinski definition) is 2. The highest BCUT2D eigenvalue weighted by Gasteiger charge is 2.32. The number of carbonyl (C=O) groups is 2. The Morgan fingerprint density at radius 2 is 1.52 bits per heavy atom. The van der Waals surface area contributed by atoms with Crippen molar-refractivity contribution in [1.29, 1.82) is 0 Å². The molecule has 2 N–H and O–H groups in total. The zero-order chi connectivity index (χ0) is 22.9. The molecule has 0 radical (unpaired) electrons. The summed E-state index contributed by atoms with van der Waals surface area (Å²) < 4.78 is 1.44. The fourth-order valence-electron chi connectivity index (χ4n) is 4.61. The summed E-state index contributed by atoms with van der Waals surface area (Å²) in [7, 11) is 0. The molecule has 1 aliphatic carbocycles. The van der Waals surface area contributed by atoms with E-state index in [1.165, 1.54) is 10.6 Å². The molecule has 7 heteroatoms. The number of aromatic carboxylic acids is 1. The smallest absolute Gasteiger partial charge is 0.341 e. The molecule has 158 valence electrons. The van der Waals surface area contributed by atoms with Gasteiger partial charge in [-0.1, -0.05) is 42.5 Å². The van der Waals surface area contributed by atoms with E-state index in [9.17, 15) is 24.3 Å². The van der Waals surface area contributed by atoms with Gasteiger partial charge >= 0.3 is 5.97 Å². The average molecular weight is 434 g/mol. The SMILES string of the molecule is O=C(O)c1c[nH]c2ccc(-n3c4c(c5ccccc5c3=O)C(=O)c3ccccc3-4)cc2c1=O. The van der Waals surface area contributed by atoms with Gasteiger partial charge in [-0.2, -0.15) is 0 Å². The van der Waals surface area contributed by atoms with E-state index in [1.807, 2.05) is 0 Å². The van der Waals surface area contributed by atoms with Crippen molar-refractivity contribution in [3.8, 4) is 16.9 Å². The van der Waals surface area contributed by atoms with Gasteiger partial charge in [-0.05, 0) is 24.3 Å². The first-order valence-corrected chi connectivity index (χ1v) is 10.2. The number of nitrogens with one attached hydrogen (secondary N) is 1. The molecule has 0 amide bonds. The van der Waals surface area contributed by atoms with E-state index < -0.39 is 17.0 Å². The van der Waals surface area contributed by atoms with Crippen molar-refractivity contribution in [2.24, 2.45) is 0 Å². The molecule has 0 saturated heterocycles. The lowest BCUT2D eigenvalue weighted by atomic mass is 10.0. The molecule has 0 atom stereocenters. The van der Waals surface area contributed by atoms with Crippen LogP contribution in [0, 0.1) is 0 Å². The minimum Gasteiger partial charge on any atom is -0.477 e. The molecule has 0 fully saturated rings. The third kappa shape index (κ3) is 2.50. The lowest BCUT2D eigenvalue weighted by molar-refractivity contribution is 0.0695. The van der Waals surface area contributed by atoms with Crippen LogP contribution < -0.4 is 11.0 Å². The summed E-state index contributed by atoms with van der Waals surface area (Å²) in [6.45, 7) is 0. The van der Waals surface area contributed by atoms with Crippen molar-refractivity contribution in [3.05, 3.63) is 110 Å². The van der Waals surface area contributed by atoms with Gasteiger partial charge in [0.15, 0.2) is 5.78 Å². The Bertz CT molecular complexity index is 1810. The van der Waals surface area contributed by atoms with E-state index in [4.69, 9.17) is 0 Å². The number of carboxylic acid groups (broad SMARTS) is 1. The maximum Gasteiger partial charge on any atom is 0.341 e. The number of rotatable bonds is 2. The second-order valence-corrected chi connectivity index (χ2v) is 7.85. The summed E-state index contributed by atoms with van der Waals surface area (Å²) in [6.07, 6.45) is 1.15. The molecule has 33 heavy (non-hydrogen) atoms. The highest BCUT2D eigenvalue weighted by atomic mass is 16.4. The van der Waals surface area contributed by atoms with Crippen LogP contribution in [0.1, 0.15) is 26.3 Å². The zero-order valence-electron chi connectivity index (χ0n) is 17.0. The Morgan fingerprint density at radius 1 is 0.818 bits per heavy atom. The quantitative estimate of drug-likeness (QED) is 0.432. The van der Waals surface area contributed by atoms with E-state index in [0.717, 1.165) is 6.20 Å². The lowest BCUT2D eigenvalue weighted by Gasteiger charge is -2.15. The number of ketones is 1. The molecule has 0 unspecified atom stereocenters. The van der Waals surface area contributed by atoms with Gasteiger partial charge in [0, 0.05) is 39.0 Å². The van der Waals surface area contributed by atoms with Gasteiger partial charge < -0.3 is 10.1 Å². The third-order valence-corrected chi connectivity index (χ3v) is 6.10. The predicted molar refractivity (Wildman–Crippen MR) is 123 cm³/mol. The summed E-state index contributed by atoms with van der Waals surface area (Å²) in [5.41, 5.74) is 1.46. The molecular weight excluding hydrogens is 420 g/mol. The number of carboxylic acids is 1. The number of nitrogens with zero attached hydrogens (tertiary/aromatic N) is 1. The van der Waals surface area contributed by atoms with Crippen LogP contribution in [-0.4, -0.2) is 26.4 Å². The molecule has 0 bridgehead atoms. The number of aromatic nitrogens is 2. The van der Waals surface area contributed by atoms with Gasteiger partial charge in [0.2, 0.25) is 5.43 Å². The standard InChI is InChI=1S/C26H14N2O5/c29-23-18-11-13(9-10-20(18)27-12-19(23)26(32)33)28-22-15-6-2-3-7-16(15)24(30)21(22)14-5-1-4-8-17(14)25(28)31/h1-12H,(H,27,29)(H,32,33). The summed E-state index contributed by atoms with van der Waals surface area (Å²) in [4.78, 5) is 54.1. The number of fused-ring (bicyclic) bond motifs is 6. The first-order chi connectivity index (χ1) is 16.0. The number of benzene rings is 3. The van der Waals surface area contributed by atoms with Crippen LogP contribution >= 0.6 is 0 Å². The first kappa shape index (κ1) is 18.9. The number of H-pyrrole nitrogens is 1. The van der Waals surface area contributed by atoms with Crippen LogP contribution in [0.2, 0.25) is 0 Å². The summed E-state index contributed by atoms with van der Waals surface area (Å²) in [5, 5.41) is 10.4. The van der Waals surface area contributed by atoms with Crippen molar-refractivity contribution < 1.29 is 14.7 Å². The fraction of sp³-hybridized carbons (Fsp3) is 0. The molecular formula is C26H14N2O5. The minimum absolute atomic E-state index is 0.138. The van der Waals surface area contributed by atoms with Crippen molar-refractivity contribution in [3.63, 3.8) is 0 Å². The van der Waals surface area contributed by atoms with Crippen LogP contribution in [0.5, 0.6) is 0 Å². The van der Waals surface area contributed by atoms with Crippen LogP contribution in [0.25, 0.3) is 38.6 Å². The third-order valence-electron chi connectivity index (χ3n) is 6.10. The Hall–Kier alpha value is -4.78. The van der Waals surface area contributed by atoms with Crippen molar-refractivity contribution >= 4 is 33.4 Å². The van der Waals surface area contributed by atoms with E-state index in [2.05, 4.69) is 4.98 Å². The largest absolute Gasteiger partial charge is 0.477 e. The van der Waals surface area contributed by atoms with Gasteiger partial charge in [0.25, 0.3) is 5.56 Å². The van der Waals surface area contributed by atoms with E-state index in [0.29, 0.717) is 44.4 Å². The topological polar surface area (TPSA) is 109 Å². The Morgan fingerprint density at radius 3 is 2.27 bits per heavy atom. The van der Waals surface area contributed by atoms with Crippen molar-refractivity contribution in [2.75, 3.05) is 0 Å². The van der Waals surface area contributed by atoms with E-state index in [-0.39, 0.29) is 16.7 Å².